The second kappa shape index (κ2) is 5.66. The molecular formula is C10H17N5O3S. The lowest BCUT2D eigenvalue weighted by atomic mass is 10.1. The van der Waals surface area contributed by atoms with Crippen LogP contribution in [0.5, 0.6) is 0 Å². The molecule has 1 unspecified atom stereocenters. The number of nitrogens with one attached hydrogen (secondary N) is 1. The molecule has 0 bridgehead atoms. The molecule has 8 nitrogen and oxygen atoms in total. The van der Waals surface area contributed by atoms with Crippen LogP contribution in [0.3, 0.4) is 0 Å². The molecule has 0 saturated carbocycles. The van der Waals surface area contributed by atoms with Crippen molar-refractivity contribution in [1.29, 1.82) is 0 Å². The fourth-order valence-corrected chi connectivity index (χ4v) is 3.87. The van der Waals surface area contributed by atoms with Crippen molar-refractivity contribution in [2.75, 3.05) is 18.1 Å². The summed E-state index contributed by atoms with van der Waals surface area (Å²) >= 11 is 0. The third-order valence-electron chi connectivity index (χ3n) is 3.02. The lowest BCUT2D eigenvalue weighted by Crippen LogP contribution is -2.32. The van der Waals surface area contributed by atoms with E-state index in [4.69, 9.17) is 5.73 Å². The molecule has 2 rings (SSSR count). The van der Waals surface area contributed by atoms with Crippen molar-refractivity contribution in [3.8, 4) is 0 Å². The molecule has 1 atom stereocenters. The van der Waals surface area contributed by atoms with Crippen molar-refractivity contribution < 1.29 is 13.2 Å². The number of sulfone groups is 1. The molecule has 1 aliphatic rings. The van der Waals surface area contributed by atoms with Gasteiger partial charge in [-0.05, 0) is 12.3 Å². The predicted molar refractivity (Wildman–Crippen MR) is 67.7 cm³/mol. The highest BCUT2D eigenvalue weighted by atomic mass is 32.2. The third kappa shape index (κ3) is 4.00. The lowest BCUT2D eigenvalue weighted by Gasteiger charge is -2.09. The van der Waals surface area contributed by atoms with E-state index < -0.39 is 9.84 Å². The van der Waals surface area contributed by atoms with Gasteiger partial charge in [0.05, 0.1) is 23.4 Å². The molecule has 1 fully saturated rings. The maximum absolute atomic E-state index is 11.6. The largest absolute Gasteiger partial charge is 0.354 e. The Hall–Kier alpha value is -1.48. The summed E-state index contributed by atoms with van der Waals surface area (Å²) in [5.74, 6) is 0.187. The molecule has 19 heavy (non-hydrogen) atoms. The van der Waals surface area contributed by atoms with Crippen LogP contribution in [0.1, 0.15) is 12.1 Å². The molecule has 1 aromatic rings. The van der Waals surface area contributed by atoms with Gasteiger partial charge in [0.2, 0.25) is 5.91 Å². The second-order valence-corrected chi connectivity index (χ2v) is 6.91. The molecule has 0 aromatic carbocycles. The van der Waals surface area contributed by atoms with E-state index in [2.05, 4.69) is 15.6 Å². The van der Waals surface area contributed by atoms with Gasteiger partial charge in [0.15, 0.2) is 9.84 Å². The van der Waals surface area contributed by atoms with Crippen LogP contribution in [-0.2, 0) is 27.7 Å². The molecule has 1 aromatic heterocycles. The summed E-state index contributed by atoms with van der Waals surface area (Å²) < 4.78 is 23.9. The number of carbonyl (C=O) groups is 1. The average molecular weight is 287 g/mol. The molecule has 0 spiro atoms. The minimum Gasteiger partial charge on any atom is -0.354 e. The maximum Gasteiger partial charge on any atom is 0.241 e. The monoisotopic (exact) mass is 287 g/mol. The molecule has 3 N–H and O–H groups in total. The van der Waals surface area contributed by atoms with E-state index in [1.165, 1.54) is 4.68 Å². The van der Waals surface area contributed by atoms with Crippen LogP contribution >= 0.6 is 0 Å². The second-order valence-electron chi connectivity index (χ2n) is 4.68. The molecular weight excluding hydrogens is 270 g/mol. The lowest BCUT2D eigenvalue weighted by molar-refractivity contribution is -0.122. The molecule has 0 radical (unpaired) electrons. The number of amides is 1. The number of aromatic nitrogens is 3. The molecule has 2 heterocycles. The van der Waals surface area contributed by atoms with Gasteiger partial charge in [-0.25, -0.2) is 13.1 Å². The fourth-order valence-electron chi connectivity index (χ4n) is 2.00. The topological polar surface area (TPSA) is 120 Å². The Morgan fingerprint density at radius 1 is 1.58 bits per heavy atom. The average Bonchev–Trinajstić information content (AvgIpc) is 2.93. The quantitative estimate of drug-likeness (QED) is 0.665. The summed E-state index contributed by atoms with van der Waals surface area (Å²) in [4.78, 5) is 11.6. The first kappa shape index (κ1) is 13.9. The van der Waals surface area contributed by atoms with E-state index in [1.807, 2.05) is 0 Å². The molecule has 1 aliphatic heterocycles. The molecule has 1 saturated heterocycles. The van der Waals surface area contributed by atoms with Crippen LogP contribution in [0.25, 0.3) is 0 Å². The van der Waals surface area contributed by atoms with Crippen LogP contribution in [0.15, 0.2) is 6.20 Å². The van der Waals surface area contributed by atoms with E-state index >= 15 is 0 Å². The van der Waals surface area contributed by atoms with Gasteiger partial charge < -0.3 is 11.1 Å². The number of nitrogens with zero attached hydrogens (tertiary/aromatic N) is 3. The van der Waals surface area contributed by atoms with E-state index in [0.29, 0.717) is 18.7 Å². The summed E-state index contributed by atoms with van der Waals surface area (Å²) in [5, 5.41) is 10.2. The highest BCUT2D eigenvalue weighted by Crippen LogP contribution is 2.17. The minimum absolute atomic E-state index is 0.0179. The molecule has 9 heteroatoms. The Morgan fingerprint density at radius 3 is 2.95 bits per heavy atom. The Balaban J connectivity index is 1.76. The van der Waals surface area contributed by atoms with Crippen molar-refractivity contribution in [1.82, 2.24) is 20.3 Å². The minimum atomic E-state index is -2.90. The van der Waals surface area contributed by atoms with E-state index in [1.54, 1.807) is 6.20 Å². The maximum atomic E-state index is 11.6. The zero-order valence-electron chi connectivity index (χ0n) is 10.4. The smallest absolute Gasteiger partial charge is 0.241 e. The van der Waals surface area contributed by atoms with Crippen molar-refractivity contribution in [3.05, 3.63) is 11.9 Å². The van der Waals surface area contributed by atoms with Crippen LogP contribution in [0, 0.1) is 5.92 Å². The summed E-state index contributed by atoms with van der Waals surface area (Å²) in [6, 6.07) is 0. The van der Waals surface area contributed by atoms with E-state index in [0.717, 1.165) is 0 Å². The van der Waals surface area contributed by atoms with E-state index in [9.17, 15) is 13.2 Å². The number of rotatable bonds is 5. The van der Waals surface area contributed by atoms with Crippen LogP contribution in [0.2, 0.25) is 0 Å². The summed E-state index contributed by atoms with van der Waals surface area (Å²) in [7, 11) is -2.90. The van der Waals surface area contributed by atoms with Crippen molar-refractivity contribution in [2.24, 2.45) is 11.7 Å². The first-order chi connectivity index (χ1) is 8.98. The Kier molecular flexibility index (Phi) is 4.15. The van der Waals surface area contributed by atoms with Gasteiger partial charge in [0, 0.05) is 13.1 Å². The Morgan fingerprint density at radius 2 is 2.37 bits per heavy atom. The van der Waals surface area contributed by atoms with Gasteiger partial charge >= 0.3 is 0 Å². The van der Waals surface area contributed by atoms with Crippen LogP contribution in [0.4, 0.5) is 0 Å². The van der Waals surface area contributed by atoms with Gasteiger partial charge in [0.25, 0.3) is 0 Å². The van der Waals surface area contributed by atoms with Gasteiger partial charge in [-0.1, -0.05) is 5.21 Å². The van der Waals surface area contributed by atoms with Crippen molar-refractivity contribution in [3.63, 3.8) is 0 Å². The number of nitrogens with two attached hydrogens (primary N) is 1. The Labute approximate surface area is 111 Å². The third-order valence-corrected chi connectivity index (χ3v) is 4.85. The summed E-state index contributed by atoms with van der Waals surface area (Å²) in [6.07, 6.45) is 2.23. The fraction of sp³-hybridized carbons (Fsp3) is 0.700. The summed E-state index contributed by atoms with van der Waals surface area (Å²) in [5.41, 5.74) is 6.01. The highest BCUT2D eigenvalue weighted by Gasteiger charge is 2.27. The van der Waals surface area contributed by atoms with Gasteiger partial charge in [0.1, 0.15) is 6.54 Å². The van der Waals surface area contributed by atoms with Gasteiger partial charge in [-0.2, -0.15) is 0 Å². The van der Waals surface area contributed by atoms with Crippen molar-refractivity contribution >= 4 is 15.7 Å². The van der Waals surface area contributed by atoms with Crippen LogP contribution in [-0.4, -0.2) is 47.4 Å². The number of hydrogen-bond donors (Lipinski definition) is 2. The van der Waals surface area contributed by atoms with Gasteiger partial charge in [-0.3, -0.25) is 4.79 Å². The predicted octanol–water partition coefficient (Wildman–Crippen LogP) is -1.71. The Bertz CT molecular complexity index is 553. The number of carbonyl (C=O) groups excluding carboxylic acids is 1. The molecule has 1 amide bonds. The zero-order chi connectivity index (χ0) is 13.9. The standard InChI is InChI=1S/C10H17N5O3S/c11-3-9-5-15(14-13-9)6-10(16)12-4-8-1-2-19(17,18)7-8/h5,8H,1-4,6-7,11H2,(H,12,16). The first-order valence-electron chi connectivity index (χ1n) is 6.05. The van der Waals surface area contributed by atoms with Crippen molar-refractivity contribution in [2.45, 2.75) is 19.5 Å². The van der Waals surface area contributed by atoms with Crippen LogP contribution < -0.4 is 11.1 Å². The highest BCUT2D eigenvalue weighted by molar-refractivity contribution is 7.91. The first-order valence-corrected chi connectivity index (χ1v) is 7.87. The number of hydrogen-bond acceptors (Lipinski definition) is 6. The normalized spacial score (nSPS) is 21.4. The molecule has 106 valence electrons. The van der Waals surface area contributed by atoms with Gasteiger partial charge in [-0.15, -0.1) is 5.10 Å². The molecule has 0 aliphatic carbocycles. The zero-order valence-corrected chi connectivity index (χ0v) is 11.3. The van der Waals surface area contributed by atoms with E-state index in [-0.39, 0.29) is 36.4 Å². The SMILES string of the molecule is NCc1cn(CC(=O)NCC2CCS(=O)(=O)C2)nn1. The summed E-state index contributed by atoms with van der Waals surface area (Å²) in [6.45, 7) is 0.727.